The van der Waals surface area contributed by atoms with E-state index in [1.54, 1.807) is 0 Å². The average Bonchev–Trinajstić information content (AvgIpc) is 2.64. The smallest absolute Gasteiger partial charge is 0.267 e. The van der Waals surface area contributed by atoms with E-state index in [2.05, 4.69) is 10.9 Å². The standard InChI is InChI=1S/C11H11FN2O5S/c1-2-5-3-14(10(20)13-8(5)18)9-6(16)7(17)11(12,4-15)19-9/h1,3,6-7,9,15-17H,4H2,(H,13,18,20)/t6-,7+,9-,11-/m1/s1. The quantitative estimate of drug-likeness (QED) is 0.404. The first-order chi connectivity index (χ1) is 9.34. The number of aromatic nitrogens is 2. The second-order valence-corrected chi connectivity index (χ2v) is 4.63. The molecule has 0 radical (unpaired) electrons. The Hall–Kier alpha value is -1.57. The molecule has 1 fully saturated rings. The topological polar surface area (TPSA) is 108 Å². The van der Waals surface area contributed by atoms with Gasteiger partial charge in [0.05, 0.1) is 0 Å². The molecule has 1 saturated heterocycles. The third-order valence-corrected chi connectivity index (χ3v) is 3.30. The molecule has 2 heterocycles. The monoisotopic (exact) mass is 302 g/mol. The molecule has 0 amide bonds. The van der Waals surface area contributed by atoms with Crippen LogP contribution in [0, 0.1) is 17.1 Å². The fourth-order valence-corrected chi connectivity index (χ4v) is 2.13. The number of nitrogens with zero attached hydrogens (tertiary/aromatic N) is 1. The van der Waals surface area contributed by atoms with Gasteiger partial charge in [0.15, 0.2) is 11.0 Å². The Morgan fingerprint density at radius 2 is 2.30 bits per heavy atom. The first-order valence-electron chi connectivity index (χ1n) is 5.50. The Balaban J connectivity index is 2.51. The lowest BCUT2D eigenvalue weighted by Gasteiger charge is -2.20. The first-order valence-corrected chi connectivity index (χ1v) is 5.90. The third kappa shape index (κ3) is 2.17. The van der Waals surface area contributed by atoms with Gasteiger partial charge in [0.25, 0.3) is 11.4 Å². The molecule has 9 heteroatoms. The fraction of sp³-hybridized carbons (Fsp3) is 0.455. The summed E-state index contributed by atoms with van der Waals surface area (Å²) >= 11 is 4.87. The van der Waals surface area contributed by atoms with Crippen molar-refractivity contribution in [3.63, 3.8) is 0 Å². The van der Waals surface area contributed by atoms with Gasteiger partial charge in [-0.3, -0.25) is 14.3 Å². The Labute approximate surface area is 117 Å². The van der Waals surface area contributed by atoms with Gasteiger partial charge < -0.3 is 20.1 Å². The summed E-state index contributed by atoms with van der Waals surface area (Å²) in [5.41, 5.74) is -0.722. The van der Waals surface area contributed by atoms with E-state index < -0.39 is 36.5 Å². The predicted molar refractivity (Wildman–Crippen MR) is 66.9 cm³/mol. The number of alkyl halides is 1. The summed E-state index contributed by atoms with van der Waals surface area (Å²) in [5.74, 6) is -0.735. The number of nitrogens with one attached hydrogen (secondary N) is 1. The molecule has 0 bridgehead atoms. The molecule has 7 nitrogen and oxygen atoms in total. The van der Waals surface area contributed by atoms with Crippen molar-refractivity contribution in [2.24, 2.45) is 0 Å². The molecule has 1 aliphatic rings. The number of hydrogen-bond acceptors (Lipinski definition) is 6. The van der Waals surface area contributed by atoms with Crippen LogP contribution >= 0.6 is 12.2 Å². The summed E-state index contributed by atoms with van der Waals surface area (Å²) in [7, 11) is 0. The molecule has 2 rings (SSSR count). The first kappa shape index (κ1) is 14.8. The number of halogens is 1. The maximum atomic E-state index is 14.0. The van der Waals surface area contributed by atoms with E-state index in [9.17, 15) is 19.4 Å². The number of hydrogen-bond donors (Lipinski definition) is 4. The van der Waals surface area contributed by atoms with Crippen molar-refractivity contribution < 1.29 is 24.4 Å². The number of aliphatic hydroxyl groups is 3. The molecule has 0 aliphatic carbocycles. The summed E-state index contributed by atoms with van der Waals surface area (Å²) in [6.45, 7) is -1.15. The van der Waals surface area contributed by atoms with Gasteiger partial charge in [0, 0.05) is 6.20 Å². The molecule has 108 valence electrons. The Morgan fingerprint density at radius 1 is 1.65 bits per heavy atom. The Kier molecular flexibility index (Phi) is 3.77. The van der Waals surface area contributed by atoms with Crippen LogP contribution in [0.3, 0.4) is 0 Å². The van der Waals surface area contributed by atoms with E-state index in [1.165, 1.54) is 0 Å². The van der Waals surface area contributed by atoms with Crippen LogP contribution in [0.5, 0.6) is 0 Å². The highest BCUT2D eigenvalue weighted by atomic mass is 32.1. The van der Waals surface area contributed by atoms with E-state index in [0.717, 1.165) is 10.8 Å². The number of aromatic amines is 1. The fourth-order valence-electron chi connectivity index (χ4n) is 1.88. The van der Waals surface area contributed by atoms with Gasteiger partial charge in [0.1, 0.15) is 24.4 Å². The molecule has 0 saturated carbocycles. The molecule has 0 spiro atoms. The van der Waals surface area contributed by atoms with Crippen molar-refractivity contribution in [2.45, 2.75) is 24.3 Å². The van der Waals surface area contributed by atoms with E-state index >= 15 is 0 Å². The van der Waals surface area contributed by atoms with E-state index in [-0.39, 0.29) is 10.3 Å². The van der Waals surface area contributed by atoms with Crippen LogP contribution in [0.4, 0.5) is 4.39 Å². The molecule has 1 aromatic rings. The highest BCUT2D eigenvalue weighted by Gasteiger charge is 2.55. The number of rotatable bonds is 2. The lowest BCUT2D eigenvalue weighted by atomic mass is 10.1. The van der Waals surface area contributed by atoms with Crippen molar-refractivity contribution in [1.29, 1.82) is 0 Å². The maximum absolute atomic E-state index is 14.0. The van der Waals surface area contributed by atoms with Crippen molar-refractivity contribution >= 4 is 12.2 Å². The molecule has 4 atom stereocenters. The zero-order chi connectivity index (χ0) is 15.1. The number of ether oxygens (including phenoxy) is 1. The lowest BCUT2D eigenvalue weighted by Crippen LogP contribution is -2.42. The Morgan fingerprint density at radius 3 is 2.80 bits per heavy atom. The van der Waals surface area contributed by atoms with Crippen LogP contribution < -0.4 is 5.56 Å². The highest BCUT2D eigenvalue weighted by molar-refractivity contribution is 7.71. The van der Waals surface area contributed by atoms with Gasteiger partial charge in [-0.15, -0.1) is 6.42 Å². The lowest BCUT2D eigenvalue weighted by molar-refractivity contribution is -0.207. The second kappa shape index (κ2) is 5.08. The van der Waals surface area contributed by atoms with E-state index in [0.29, 0.717) is 0 Å². The maximum Gasteiger partial charge on any atom is 0.267 e. The minimum Gasteiger partial charge on any atom is -0.390 e. The van der Waals surface area contributed by atoms with Crippen molar-refractivity contribution in [2.75, 3.05) is 6.61 Å². The summed E-state index contributed by atoms with van der Waals surface area (Å²) < 4.78 is 19.6. The number of H-pyrrole nitrogens is 1. The molecular weight excluding hydrogens is 291 g/mol. The van der Waals surface area contributed by atoms with Gasteiger partial charge >= 0.3 is 0 Å². The van der Waals surface area contributed by atoms with E-state index in [4.69, 9.17) is 28.5 Å². The second-order valence-electron chi connectivity index (χ2n) is 4.24. The zero-order valence-electron chi connectivity index (χ0n) is 9.99. The van der Waals surface area contributed by atoms with Crippen LogP contribution in [0.1, 0.15) is 11.8 Å². The van der Waals surface area contributed by atoms with Crippen LogP contribution in [-0.4, -0.2) is 49.5 Å². The van der Waals surface area contributed by atoms with Gasteiger partial charge in [-0.1, -0.05) is 5.92 Å². The zero-order valence-corrected chi connectivity index (χ0v) is 10.8. The van der Waals surface area contributed by atoms with Crippen molar-refractivity contribution in [3.8, 4) is 12.3 Å². The predicted octanol–water partition coefficient (Wildman–Crippen LogP) is -1.20. The van der Waals surface area contributed by atoms with E-state index in [1.807, 2.05) is 0 Å². The molecule has 1 aromatic heterocycles. The van der Waals surface area contributed by atoms with Crippen molar-refractivity contribution in [1.82, 2.24) is 9.55 Å². The minimum atomic E-state index is -2.83. The van der Waals surface area contributed by atoms with Crippen LogP contribution in [0.2, 0.25) is 0 Å². The van der Waals surface area contributed by atoms with Gasteiger partial charge in [0.2, 0.25) is 0 Å². The molecule has 20 heavy (non-hydrogen) atoms. The molecular formula is C11H11FN2O5S. The van der Waals surface area contributed by atoms with Gasteiger partial charge in [-0.25, -0.2) is 4.39 Å². The van der Waals surface area contributed by atoms with Gasteiger partial charge in [-0.2, -0.15) is 0 Å². The summed E-state index contributed by atoms with van der Waals surface area (Å²) in [4.78, 5) is 13.7. The minimum absolute atomic E-state index is 0.107. The SMILES string of the molecule is C#Cc1cn([C@@H]2O[C@](F)(CO)[C@@H](O)[C@H]2O)c(=S)[nH]c1=O. The molecule has 0 aromatic carbocycles. The molecule has 4 N–H and O–H groups in total. The third-order valence-electron chi connectivity index (χ3n) is 2.99. The number of aliphatic hydroxyl groups excluding tert-OH is 3. The van der Waals surface area contributed by atoms with Crippen LogP contribution in [0.25, 0.3) is 0 Å². The number of terminal acetylenes is 1. The Bertz CT molecular complexity index is 681. The average molecular weight is 302 g/mol. The summed E-state index contributed by atoms with van der Waals surface area (Å²) in [6, 6.07) is 0. The van der Waals surface area contributed by atoms with Gasteiger partial charge in [-0.05, 0) is 12.2 Å². The highest BCUT2D eigenvalue weighted by Crippen LogP contribution is 2.37. The largest absolute Gasteiger partial charge is 0.390 e. The summed E-state index contributed by atoms with van der Waals surface area (Å²) in [6.07, 6.45) is 1.13. The molecule has 0 unspecified atom stereocenters. The molecule has 1 aliphatic heterocycles. The summed E-state index contributed by atoms with van der Waals surface area (Å²) in [5, 5.41) is 28.2. The normalized spacial score (nSPS) is 33.0. The van der Waals surface area contributed by atoms with Crippen LogP contribution in [-0.2, 0) is 4.74 Å². The van der Waals surface area contributed by atoms with Crippen LogP contribution in [0.15, 0.2) is 11.0 Å². The van der Waals surface area contributed by atoms with Crippen molar-refractivity contribution in [3.05, 3.63) is 26.9 Å².